The number of carbonyl (C=O) groups is 1. The molecule has 1 saturated heterocycles. The summed E-state index contributed by atoms with van der Waals surface area (Å²) in [6, 6.07) is 19.8. The average Bonchev–Trinajstić information content (AvgIpc) is 3.77. The van der Waals surface area contributed by atoms with Crippen LogP contribution in [-0.4, -0.2) is 40.7 Å². The van der Waals surface area contributed by atoms with Crippen LogP contribution in [0.5, 0.6) is 0 Å². The number of halogens is 2. The van der Waals surface area contributed by atoms with E-state index in [4.69, 9.17) is 26.3 Å². The minimum absolute atomic E-state index is 0.0363. The van der Waals surface area contributed by atoms with Crippen LogP contribution in [0.3, 0.4) is 0 Å². The van der Waals surface area contributed by atoms with Crippen molar-refractivity contribution in [1.82, 2.24) is 9.88 Å². The first-order chi connectivity index (χ1) is 20.7. The third kappa shape index (κ3) is 6.71. The number of amides is 1. The number of pyridine rings is 1. The van der Waals surface area contributed by atoms with Crippen LogP contribution in [0, 0.1) is 39.8 Å². The van der Waals surface area contributed by atoms with E-state index in [1.165, 1.54) is 17.2 Å². The summed E-state index contributed by atoms with van der Waals surface area (Å²) in [4.78, 5) is 19.2. The molecule has 2 aromatic carbocycles. The lowest BCUT2D eigenvalue weighted by Gasteiger charge is -2.36. The number of rotatable bonds is 7. The molecule has 3 aliphatic rings. The Hall–Kier alpha value is -3.86. The largest absolute Gasteiger partial charge is 0.385 e. The molecule has 222 valence electrons. The Morgan fingerprint density at radius 3 is 2.47 bits per heavy atom. The van der Waals surface area contributed by atoms with Crippen molar-refractivity contribution in [2.75, 3.05) is 19.8 Å². The highest BCUT2D eigenvalue weighted by Gasteiger charge is 2.48. The maximum Gasteiger partial charge on any atom is 0.257 e. The fourth-order valence-electron chi connectivity index (χ4n) is 5.43. The Morgan fingerprint density at radius 2 is 1.91 bits per heavy atom. The van der Waals surface area contributed by atoms with E-state index in [1.807, 2.05) is 36.4 Å². The fourth-order valence-corrected chi connectivity index (χ4v) is 5.58. The molecule has 1 aliphatic carbocycles. The summed E-state index contributed by atoms with van der Waals surface area (Å²) >= 11 is 5.54. The number of hydrogen-bond donors (Lipinski definition) is 1. The summed E-state index contributed by atoms with van der Waals surface area (Å²) in [6.07, 6.45) is 3.05. The van der Waals surface area contributed by atoms with Gasteiger partial charge in [-0.25, -0.2) is 4.39 Å². The lowest BCUT2D eigenvalue weighted by Crippen LogP contribution is -2.36. The number of benzene rings is 2. The molecule has 1 amide bonds. The molecule has 1 aromatic heterocycles. The summed E-state index contributed by atoms with van der Waals surface area (Å²) in [5.41, 5.74) is -0.457. The Bertz CT molecular complexity index is 1540. The van der Waals surface area contributed by atoms with Crippen molar-refractivity contribution in [3.05, 3.63) is 99.6 Å². The van der Waals surface area contributed by atoms with Crippen molar-refractivity contribution in [2.45, 2.75) is 51.0 Å². The van der Waals surface area contributed by atoms with Gasteiger partial charge in [0.1, 0.15) is 11.9 Å². The van der Waals surface area contributed by atoms with Gasteiger partial charge in [-0.2, -0.15) is 10.5 Å². The predicted molar refractivity (Wildman–Crippen MR) is 156 cm³/mol. The first-order valence-electron chi connectivity index (χ1n) is 14.2. The van der Waals surface area contributed by atoms with Crippen LogP contribution in [0.25, 0.3) is 0 Å². The molecule has 2 unspecified atom stereocenters. The van der Waals surface area contributed by atoms with E-state index in [-0.39, 0.29) is 30.2 Å². The minimum Gasteiger partial charge on any atom is -0.385 e. The van der Waals surface area contributed by atoms with Crippen LogP contribution in [0.4, 0.5) is 4.39 Å². The quantitative estimate of drug-likeness (QED) is 0.350. The number of aromatic nitrogens is 1. The van der Waals surface area contributed by atoms with Crippen LogP contribution < -0.4 is 0 Å². The van der Waals surface area contributed by atoms with E-state index < -0.39 is 29.0 Å². The van der Waals surface area contributed by atoms with E-state index in [0.29, 0.717) is 55.7 Å². The summed E-state index contributed by atoms with van der Waals surface area (Å²) in [5.74, 6) is -1.20. The Morgan fingerprint density at radius 1 is 1.19 bits per heavy atom. The molecule has 2 aliphatic heterocycles. The van der Waals surface area contributed by atoms with Gasteiger partial charge in [0.05, 0.1) is 47.1 Å². The van der Waals surface area contributed by atoms with Crippen LogP contribution >= 0.6 is 11.6 Å². The summed E-state index contributed by atoms with van der Waals surface area (Å²) in [7, 11) is 0. The Kier molecular flexibility index (Phi) is 9.10. The zero-order valence-electron chi connectivity index (χ0n) is 23.8. The second-order valence-electron chi connectivity index (χ2n) is 11.4. The van der Waals surface area contributed by atoms with Gasteiger partial charge < -0.3 is 19.5 Å². The molecule has 1 saturated carbocycles. The molecular formula is C33H32ClFN4O4. The van der Waals surface area contributed by atoms with E-state index in [1.54, 1.807) is 25.1 Å². The van der Waals surface area contributed by atoms with Crippen molar-refractivity contribution in [3.63, 3.8) is 0 Å². The molecule has 2 atom stereocenters. The molecular weight excluding hydrogens is 571 g/mol. The molecule has 0 radical (unpaired) electrons. The minimum atomic E-state index is -1.34. The molecule has 8 nitrogen and oxygen atoms in total. The van der Waals surface area contributed by atoms with Crippen LogP contribution in [0.15, 0.2) is 60.8 Å². The van der Waals surface area contributed by atoms with E-state index in [0.717, 1.165) is 5.02 Å². The van der Waals surface area contributed by atoms with Gasteiger partial charge in [-0.1, -0.05) is 29.8 Å². The first kappa shape index (κ1) is 30.6. The second kappa shape index (κ2) is 12.8. The van der Waals surface area contributed by atoms with Gasteiger partial charge in [-0.15, -0.1) is 0 Å². The summed E-state index contributed by atoms with van der Waals surface area (Å²) in [5, 5.41) is 30.7. The molecule has 43 heavy (non-hydrogen) atoms. The molecule has 2 fully saturated rings. The van der Waals surface area contributed by atoms with Crippen LogP contribution in [0.2, 0.25) is 5.02 Å². The van der Waals surface area contributed by atoms with Gasteiger partial charge in [0.2, 0.25) is 0 Å². The van der Waals surface area contributed by atoms with Crippen molar-refractivity contribution < 1.29 is 23.8 Å². The number of nitriles is 2. The number of nitrogens with zero attached hydrogens (tertiary/aromatic N) is 4. The lowest BCUT2D eigenvalue weighted by atomic mass is 9.78. The maximum atomic E-state index is 15.7. The van der Waals surface area contributed by atoms with Crippen LogP contribution in [-0.2, 0) is 21.6 Å². The van der Waals surface area contributed by atoms with Crippen LogP contribution in [0.1, 0.15) is 71.6 Å². The number of carbonyl (C=O) groups excluding carboxylic acids is 1. The molecule has 1 N–H and O–H groups in total. The average molecular weight is 603 g/mol. The molecule has 3 heterocycles. The monoisotopic (exact) mass is 602 g/mol. The number of aliphatic hydroxyl groups is 1. The Labute approximate surface area is 255 Å². The van der Waals surface area contributed by atoms with E-state index in [2.05, 4.69) is 11.1 Å². The maximum absolute atomic E-state index is 15.7. The normalized spacial score (nSPS) is 20.2. The SMILES string of the molecule is CC(O)(c1cc(F)c2c(c1)C(=O)N(Cc1ccc(C#N)cn1)C2OCC1(C#N)CC1)C1CCOCC1.Clc1ccccc1. The van der Waals surface area contributed by atoms with E-state index in [9.17, 15) is 15.2 Å². The van der Waals surface area contributed by atoms with Gasteiger partial charge in [0, 0.05) is 30.0 Å². The third-order valence-electron chi connectivity index (χ3n) is 8.38. The fraction of sp³-hybridized carbons (Fsp3) is 0.394. The standard InChI is InChI=1S/C27H27FN4O4.C6H5Cl/c1-26(34,18-4-8-35-9-5-18)19-10-21-23(22(28)11-19)25(36-16-27(15-30)6-7-27)32(24(21)33)14-20-3-2-17(12-29)13-31-20;7-6-4-2-1-3-5-6/h2-3,10-11,13,18,25,34H,4-9,14,16H2,1H3;1-5H. The van der Waals surface area contributed by atoms with Gasteiger partial charge in [-0.3, -0.25) is 9.78 Å². The van der Waals surface area contributed by atoms with Gasteiger partial charge in [0.15, 0.2) is 6.23 Å². The Balaban J connectivity index is 0.000000463. The second-order valence-corrected chi connectivity index (χ2v) is 11.8. The van der Waals surface area contributed by atoms with Crippen molar-refractivity contribution in [3.8, 4) is 12.1 Å². The van der Waals surface area contributed by atoms with Crippen molar-refractivity contribution in [2.24, 2.45) is 11.3 Å². The molecule has 0 bridgehead atoms. The lowest BCUT2D eigenvalue weighted by molar-refractivity contribution is -0.0587. The topological polar surface area (TPSA) is 119 Å². The molecule has 0 spiro atoms. The summed E-state index contributed by atoms with van der Waals surface area (Å²) in [6.45, 7) is 2.82. The smallest absolute Gasteiger partial charge is 0.257 e. The zero-order valence-corrected chi connectivity index (χ0v) is 24.6. The molecule has 3 aromatic rings. The number of fused-ring (bicyclic) bond motifs is 1. The van der Waals surface area contributed by atoms with E-state index >= 15 is 4.39 Å². The highest BCUT2D eigenvalue weighted by molar-refractivity contribution is 6.30. The summed E-state index contributed by atoms with van der Waals surface area (Å²) < 4.78 is 27.1. The third-order valence-corrected chi connectivity index (χ3v) is 8.63. The van der Waals surface area contributed by atoms with Gasteiger partial charge in [0.25, 0.3) is 5.91 Å². The van der Waals surface area contributed by atoms with Gasteiger partial charge in [-0.05, 0) is 80.5 Å². The van der Waals surface area contributed by atoms with Gasteiger partial charge >= 0.3 is 0 Å². The zero-order chi connectivity index (χ0) is 30.6. The molecule has 10 heteroatoms. The number of hydrogen-bond acceptors (Lipinski definition) is 7. The van der Waals surface area contributed by atoms with Crippen molar-refractivity contribution in [1.29, 1.82) is 10.5 Å². The highest BCUT2D eigenvalue weighted by Crippen LogP contribution is 2.48. The number of ether oxygens (including phenoxy) is 2. The predicted octanol–water partition coefficient (Wildman–Crippen LogP) is 6.04. The van der Waals surface area contributed by atoms with Crippen molar-refractivity contribution >= 4 is 17.5 Å². The highest BCUT2D eigenvalue weighted by atomic mass is 35.5. The first-order valence-corrected chi connectivity index (χ1v) is 14.6. The molecule has 6 rings (SSSR count).